The fourth-order valence-corrected chi connectivity index (χ4v) is 6.99. The van der Waals surface area contributed by atoms with E-state index in [0.29, 0.717) is 11.8 Å². The lowest BCUT2D eigenvalue weighted by atomic mass is 9.68. The summed E-state index contributed by atoms with van der Waals surface area (Å²) in [6.45, 7) is 0. The van der Waals surface area contributed by atoms with Gasteiger partial charge in [0.15, 0.2) is 0 Å². The molecular weight excluding hydrogens is 432 g/mol. The third-order valence-corrected chi connectivity index (χ3v) is 8.47. The Hall–Kier alpha value is -4.16. The predicted octanol–water partition coefficient (Wildman–Crippen LogP) is 7.58. The first-order chi connectivity index (χ1) is 17.9. The molecule has 0 radical (unpaired) electrons. The highest BCUT2D eigenvalue weighted by Crippen LogP contribution is 2.45. The largest absolute Gasteiger partial charge is 0.0842 e. The van der Waals surface area contributed by atoms with E-state index in [0.717, 1.165) is 12.8 Å². The minimum absolute atomic E-state index is 0.317. The van der Waals surface area contributed by atoms with Crippen molar-refractivity contribution >= 4 is 43.5 Å². The normalized spacial score (nSPS) is 20.8. The highest BCUT2D eigenvalue weighted by atomic mass is 14.4. The van der Waals surface area contributed by atoms with Crippen LogP contribution in [-0.2, 0) is 0 Å². The lowest BCUT2D eigenvalue weighted by Gasteiger charge is -2.35. The quantitative estimate of drug-likeness (QED) is 0.239. The Morgan fingerprint density at radius 3 is 2.06 bits per heavy atom. The van der Waals surface area contributed by atoms with E-state index in [2.05, 4.69) is 121 Å². The van der Waals surface area contributed by atoms with Gasteiger partial charge in [0.25, 0.3) is 0 Å². The number of fused-ring (bicyclic) bond motifs is 2. The van der Waals surface area contributed by atoms with Gasteiger partial charge in [0, 0.05) is 11.8 Å². The van der Waals surface area contributed by atoms with Crippen LogP contribution in [0.3, 0.4) is 0 Å². The van der Waals surface area contributed by atoms with Crippen LogP contribution in [0.15, 0.2) is 127 Å². The fraction of sp³-hybridized carbons (Fsp3) is 0.111. The van der Waals surface area contributed by atoms with Crippen molar-refractivity contribution in [1.29, 1.82) is 0 Å². The molecule has 2 atom stereocenters. The van der Waals surface area contributed by atoms with Gasteiger partial charge in [0.2, 0.25) is 0 Å². The molecule has 5 aromatic rings. The summed E-state index contributed by atoms with van der Waals surface area (Å²) in [4.78, 5) is 0. The van der Waals surface area contributed by atoms with Crippen molar-refractivity contribution in [3.63, 3.8) is 0 Å². The zero-order valence-electron chi connectivity index (χ0n) is 20.1. The second kappa shape index (κ2) is 7.67. The first kappa shape index (κ1) is 20.1. The maximum atomic E-state index is 2.47. The Balaban J connectivity index is 1.57. The van der Waals surface area contributed by atoms with Crippen LogP contribution < -0.4 is 10.4 Å². The van der Waals surface area contributed by atoms with Crippen molar-refractivity contribution in [1.82, 2.24) is 0 Å². The Labute approximate surface area is 210 Å². The van der Waals surface area contributed by atoms with E-state index in [-0.39, 0.29) is 0 Å². The summed E-state index contributed by atoms with van der Waals surface area (Å²) >= 11 is 0. The zero-order chi connectivity index (χ0) is 23.6. The topological polar surface area (TPSA) is 0 Å². The summed E-state index contributed by atoms with van der Waals surface area (Å²) < 4.78 is 0. The van der Waals surface area contributed by atoms with Gasteiger partial charge in [-0.1, -0.05) is 115 Å². The lowest BCUT2D eigenvalue weighted by Crippen LogP contribution is -2.40. The Morgan fingerprint density at radius 2 is 1.28 bits per heavy atom. The molecule has 0 heterocycles. The fourth-order valence-electron chi connectivity index (χ4n) is 6.99. The molecule has 36 heavy (non-hydrogen) atoms. The SMILES string of the molecule is C1=CCCC(C2=c3ccccc3=C(c3cc4cccc5ccc6cccc3c6c54)C3C=CC=CC23)=C1. The molecule has 0 N–H and O–H groups in total. The Bertz CT molecular complexity index is 1940. The van der Waals surface area contributed by atoms with Crippen LogP contribution in [0.1, 0.15) is 18.4 Å². The van der Waals surface area contributed by atoms with E-state index >= 15 is 0 Å². The smallest absolute Gasteiger partial charge is 0.0137 e. The first-order valence-corrected chi connectivity index (χ1v) is 13.1. The van der Waals surface area contributed by atoms with E-state index < -0.39 is 0 Å². The van der Waals surface area contributed by atoms with Gasteiger partial charge in [0.1, 0.15) is 0 Å². The molecule has 8 rings (SSSR count). The standard InChI is InChI=1S/C36H26/c1-2-10-23(11-3-1)34-27-15-4-6-17-29(27)36(30-18-7-5-16-28(30)34)32-22-26-14-8-12-24-20-21-25-13-9-19-31(32)35(25)33(24)26/h1-2,4-10,12-22,27,29H,3,11H2. The molecule has 0 nitrogen and oxygen atoms in total. The molecule has 0 bridgehead atoms. The van der Waals surface area contributed by atoms with Gasteiger partial charge in [-0.15, -0.1) is 0 Å². The van der Waals surface area contributed by atoms with Gasteiger partial charge in [-0.25, -0.2) is 0 Å². The molecule has 3 aliphatic carbocycles. The number of allylic oxidation sites excluding steroid dienone is 8. The molecule has 0 amide bonds. The van der Waals surface area contributed by atoms with Crippen LogP contribution >= 0.6 is 0 Å². The average Bonchev–Trinajstić information content (AvgIpc) is 2.95. The minimum Gasteiger partial charge on any atom is -0.0842 e. The van der Waals surface area contributed by atoms with Crippen LogP contribution in [0, 0.1) is 11.8 Å². The average molecular weight is 459 g/mol. The van der Waals surface area contributed by atoms with E-state index in [1.165, 1.54) is 65.0 Å². The Morgan fingerprint density at radius 1 is 0.583 bits per heavy atom. The molecule has 2 unspecified atom stereocenters. The van der Waals surface area contributed by atoms with Gasteiger partial charge in [-0.05, 0) is 83.9 Å². The van der Waals surface area contributed by atoms with Gasteiger partial charge < -0.3 is 0 Å². The third kappa shape index (κ3) is 2.76. The third-order valence-electron chi connectivity index (χ3n) is 8.47. The summed E-state index contributed by atoms with van der Waals surface area (Å²) in [7, 11) is 0. The number of hydrogen-bond donors (Lipinski definition) is 0. The van der Waals surface area contributed by atoms with Crippen LogP contribution in [-0.4, -0.2) is 0 Å². The molecule has 0 heteroatoms. The van der Waals surface area contributed by atoms with E-state index in [1.54, 1.807) is 0 Å². The van der Waals surface area contributed by atoms with Crippen molar-refractivity contribution in [2.24, 2.45) is 11.8 Å². The summed E-state index contributed by atoms with van der Waals surface area (Å²) in [5.74, 6) is 0.670. The zero-order valence-corrected chi connectivity index (χ0v) is 20.1. The highest BCUT2D eigenvalue weighted by molar-refractivity contribution is 6.25. The number of benzene rings is 5. The minimum atomic E-state index is 0.317. The molecule has 0 saturated heterocycles. The first-order valence-electron chi connectivity index (χ1n) is 13.1. The van der Waals surface area contributed by atoms with Crippen LogP contribution in [0.2, 0.25) is 0 Å². The van der Waals surface area contributed by atoms with E-state index in [4.69, 9.17) is 0 Å². The molecule has 170 valence electrons. The van der Waals surface area contributed by atoms with Gasteiger partial charge in [-0.2, -0.15) is 0 Å². The highest BCUT2D eigenvalue weighted by Gasteiger charge is 2.33. The molecule has 0 saturated carbocycles. The van der Waals surface area contributed by atoms with E-state index in [1.807, 2.05) is 0 Å². The second-order valence-corrected chi connectivity index (χ2v) is 10.3. The maximum absolute atomic E-state index is 2.47. The second-order valence-electron chi connectivity index (χ2n) is 10.3. The molecule has 0 aromatic heterocycles. The molecule has 0 aliphatic heterocycles. The molecule has 0 spiro atoms. The van der Waals surface area contributed by atoms with Gasteiger partial charge >= 0.3 is 0 Å². The number of rotatable bonds is 2. The maximum Gasteiger partial charge on any atom is 0.0137 e. The molecular formula is C36H26. The van der Waals surface area contributed by atoms with Crippen molar-refractivity contribution in [2.75, 3.05) is 0 Å². The van der Waals surface area contributed by atoms with Crippen molar-refractivity contribution in [3.8, 4) is 0 Å². The monoisotopic (exact) mass is 458 g/mol. The molecule has 5 aromatic carbocycles. The predicted molar refractivity (Wildman–Crippen MR) is 153 cm³/mol. The van der Waals surface area contributed by atoms with Crippen LogP contribution in [0.5, 0.6) is 0 Å². The van der Waals surface area contributed by atoms with Crippen molar-refractivity contribution < 1.29 is 0 Å². The summed E-state index contributed by atoms with van der Waals surface area (Å²) in [6.07, 6.45) is 18.5. The van der Waals surface area contributed by atoms with Crippen molar-refractivity contribution in [3.05, 3.63) is 143 Å². The number of hydrogen-bond acceptors (Lipinski definition) is 0. The Kier molecular flexibility index (Phi) is 4.28. The molecule has 0 fully saturated rings. The van der Waals surface area contributed by atoms with Gasteiger partial charge in [0.05, 0.1) is 0 Å². The molecule has 3 aliphatic rings. The summed E-state index contributed by atoms with van der Waals surface area (Å²) in [5.41, 5.74) is 5.85. The van der Waals surface area contributed by atoms with Crippen LogP contribution in [0.25, 0.3) is 43.5 Å². The van der Waals surface area contributed by atoms with E-state index in [9.17, 15) is 0 Å². The lowest BCUT2D eigenvalue weighted by molar-refractivity contribution is 0.680. The van der Waals surface area contributed by atoms with Crippen molar-refractivity contribution in [2.45, 2.75) is 12.8 Å². The van der Waals surface area contributed by atoms with Gasteiger partial charge in [-0.3, -0.25) is 0 Å². The van der Waals surface area contributed by atoms with Crippen LogP contribution in [0.4, 0.5) is 0 Å². The summed E-state index contributed by atoms with van der Waals surface area (Å²) in [5, 5.41) is 10.9. The summed E-state index contributed by atoms with van der Waals surface area (Å²) in [6, 6.07) is 29.7.